The number of nitrogens with two attached hydrogens (primary N) is 1. The molecule has 11 heteroatoms. The van der Waals surface area contributed by atoms with Crippen molar-refractivity contribution < 1.29 is 30.4 Å². The number of primary sulfonamides is 1. The van der Waals surface area contributed by atoms with Crippen LogP contribution in [0.2, 0.25) is 0 Å². The van der Waals surface area contributed by atoms with Crippen molar-refractivity contribution in [1.82, 2.24) is 0 Å². The highest BCUT2D eigenvalue weighted by Gasteiger charge is 2.24. The molecule has 0 aliphatic heterocycles. The predicted octanol–water partition coefficient (Wildman–Crippen LogP) is 0.307. The molecule has 0 bridgehead atoms. The molecule has 3 N–H and O–H groups in total. The van der Waals surface area contributed by atoms with E-state index in [0.29, 0.717) is 0 Å². The molecule has 1 aromatic rings. The van der Waals surface area contributed by atoms with Crippen molar-refractivity contribution in [3.8, 4) is 5.75 Å². The molecule has 0 atom stereocenters. The van der Waals surface area contributed by atoms with Crippen molar-refractivity contribution in [2.45, 2.75) is 10.7 Å². The third-order valence-electron chi connectivity index (χ3n) is 1.96. The highest BCUT2D eigenvalue weighted by Crippen LogP contribution is 2.27. The monoisotopic (exact) mass is 316 g/mol. The van der Waals surface area contributed by atoms with Gasteiger partial charge in [0.1, 0.15) is 10.6 Å². The molecule has 0 amide bonds. The topological polar surface area (TPSA) is 116 Å². The van der Waals surface area contributed by atoms with Gasteiger partial charge in [0.25, 0.3) is 10.0 Å². The summed E-state index contributed by atoms with van der Waals surface area (Å²) >= 11 is 0. The summed E-state index contributed by atoms with van der Waals surface area (Å²) in [6, 6.07) is 2.85. The van der Waals surface area contributed by atoms with E-state index in [1.165, 1.54) is 0 Å². The minimum absolute atomic E-state index is 0.267. The third-order valence-corrected chi connectivity index (χ3v) is 3.90. The minimum Gasteiger partial charge on any atom is -0.495 e. The van der Waals surface area contributed by atoms with Crippen molar-refractivity contribution in [2.24, 2.45) is 5.14 Å². The molecule has 0 unspecified atom stereocenters. The second-order valence-electron chi connectivity index (χ2n) is 3.32. The molecular formula is C8H10F2N2O5S2. The standard InChI is InChI=1S/C8H10F2N2O5S2/c1-17-6-4-5(12-19(15,16)8(9)10)2-3-7(6)18(11,13)14/h2-4,8,12H,1H3,(H2,11,13,14). The lowest BCUT2D eigenvalue weighted by molar-refractivity contribution is 0.236. The second-order valence-corrected chi connectivity index (χ2v) is 6.50. The number of ether oxygens (including phenoxy) is 1. The lowest BCUT2D eigenvalue weighted by Crippen LogP contribution is -2.20. The SMILES string of the molecule is COc1cc(NS(=O)(=O)C(F)F)ccc1S(N)(=O)=O. The van der Waals surface area contributed by atoms with Crippen LogP contribution in [0.15, 0.2) is 23.1 Å². The molecule has 0 fully saturated rings. The number of alkyl halides is 2. The first-order valence-electron chi connectivity index (χ1n) is 4.58. The average Bonchev–Trinajstić information content (AvgIpc) is 2.26. The first kappa shape index (κ1) is 15.6. The van der Waals surface area contributed by atoms with E-state index in [0.717, 1.165) is 25.3 Å². The molecule has 0 aliphatic rings. The van der Waals surface area contributed by atoms with Crippen LogP contribution in [-0.4, -0.2) is 29.7 Å². The second kappa shape index (κ2) is 5.27. The summed E-state index contributed by atoms with van der Waals surface area (Å²) < 4.78 is 74.8. The number of benzene rings is 1. The fraction of sp³-hybridized carbons (Fsp3) is 0.250. The Labute approximate surface area is 108 Å². The van der Waals surface area contributed by atoms with Gasteiger partial charge in [0.2, 0.25) is 10.0 Å². The van der Waals surface area contributed by atoms with E-state index in [1.54, 1.807) is 4.72 Å². The molecule has 0 saturated carbocycles. The van der Waals surface area contributed by atoms with Crippen LogP contribution < -0.4 is 14.6 Å². The number of anilines is 1. The number of nitrogens with one attached hydrogen (secondary N) is 1. The molecule has 0 saturated heterocycles. The summed E-state index contributed by atoms with van der Waals surface area (Å²) in [7, 11) is -7.80. The molecule has 1 rings (SSSR count). The molecule has 0 aliphatic carbocycles. The van der Waals surface area contributed by atoms with E-state index in [1.807, 2.05) is 0 Å². The molecule has 19 heavy (non-hydrogen) atoms. The number of rotatable bonds is 5. The lowest BCUT2D eigenvalue weighted by atomic mass is 10.3. The van der Waals surface area contributed by atoms with Crippen LogP contribution in [-0.2, 0) is 20.0 Å². The van der Waals surface area contributed by atoms with Gasteiger partial charge in [-0.05, 0) is 12.1 Å². The zero-order chi connectivity index (χ0) is 14.8. The summed E-state index contributed by atoms with van der Waals surface area (Å²) in [6.07, 6.45) is 0. The van der Waals surface area contributed by atoms with E-state index in [2.05, 4.69) is 0 Å². The fourth-order valence-electron chi connectivity index (χ4n) is 1.17. The van der Waals surface area contributed by atoms with Gasteiger partial charge in [-0.1, -0.05) is 0 Å². The Morgan fingerprint density at radius 3 is 2.26 bits per heavy atom. The Balaban J connectivity index is 3.23. The van der Waals surface area contributed by atoms with Gasteiger partial charge in [-0.25, -0.2) is 22.0 Å². The van der Waals surface area contributed by atoms with Gasteiger partial charge >= 0.3 is 5.76 Å². The van der Waals surface area contributed by atoms with Gasteiger partial charge in [0.15, 0.2) is 0 Å². The number of methoxy groups -OCH3 is 1. The maximum atomic E-state index is 12.2. The molecule has 0 spiro atoms. The molecule has 0 radical (unpaired) electrons. The minimum atomic E-state index is -4.84. The largest absolute Gasteiger partial charge is 0.495 e. The lowest BCUT2D eigenvalue weighted by Gasteiger charge is -2.11. The van der Waals surface area contributed by atoms with Crippen LogP contribution in [0.1, 0.15) is 0 Å². The van der Waals surface area contributed by atoms with Crippen molar-refractivity contribution >= 4 is 25.7 Å². The zero-order valence-corrected chi connectivity index (χ0v) is 11.1. The molecule has 7 nitrogen and oxygen atoms in total. The van der Waals surface area contributed by atoms with Crippen LogP contribution in [0.5, 0.6) is 5.75 Å². The van der Waals surface area contributed by atoms with Gasteiger partial charge in [-0.15, -0.1) is 0 Å². The normalized spacial score (nSPS) is 12.5. The van der Waals surface area contributed by atoms with Crippen LogP contribution in [0.4, 0.5) is 14.5 Å². The van der Waals surface area contributed by atoms with Gasteiger partial charge in [0.05, 0.1) is 12.8 Å². The van der Waals surface area contributed by atoms with E-state index >= 15 is 0 Å². The highest BCUT2D eigenvalue weighted by molar-refractivity contribution is 7.93. The van der Waals surface area contributed by atoms with Crippen molar-refractivity contribution in [2.75, 3.05) is 11.8 Å². The van der Waals surface area contributed by atoms with Gasteiger partial charge in [-0.2, -0.15) is 8.78 Å². The quantitative estimate of drug-likeness (QED) is 0.811. The van der Waals surface area contributed by atoms with E-state index in [9.17, 15) is 25.6 Å². The van der Waals surface area contributed by atoms with Gasteiger partial charge < -0.3 is 4.74 Å². The number of halogens is 2. The van der Waals surface area contributed by atoms with Crippen LogP contribution in [0, 0.1) is 0 Å². The first-order valence-corrected chi connectivity index (χ1v) is 7.68. The highest BCUT2D eigenvalue weighted by atomic mass is 32.2. The average molecular weight is 316 g/mol. The van der Waals surface area contributed by atoms with E-state index in [4.69, 9.17) is 9.88 Å². The van der Waals surface area contributed by atoms with Gasteiger partial charge in [-0.3, -0.25) is 4.72 Å². The number of hydrogen-bond acceptors (Lipinski definition) is 5. The summed E-state index contributed by atoms with van der Waals surface area (Å²) in [5.41, 5.74) is -0.274. The Bertz CT molecular complexity index is 672. The molecule has 1 aromatic carbocycles. The Kier molecular flexibility index (Phi) is 4.32. The van der Waals surface area contributed by atoms with Crippen LogP contribution in [0.3, 0.4) is 0 Å². The van der Waals surface area contributed by atoms with Crippen LogP contribution in [0.25, 0.3) is 0 Å². The maximum Gasteiger partial charge on any atom is 0.355 e. The molecular weight excluding hydrogens is 306 g/mol. The maximum absolute atomic E-state index is 12.2. The predicted molar refractivity (Wildman–Crippen MR) is 62.9 cm³/mol. The van der Waals surface area contributed by atoms with Gasteiger partial charge in [0, 0.05) is 6.07 Å². The first-order chi connectivity index (χ1) is 8.58. The third kappa shape index (κ3) is 3.75. The fourth-order valence-corrected chi connectivity index (χ4v) is 2.40. The molecule has 0 heterocycles. The van der Waals surface area contributed by atoms with E-state index < -0.39 is 30.7 Å². The van der Waals surface area contributed by atoms with Crippen molar-refractivity contribution in [1.29, 1.82) is 0 Å². The Hall–Kier alpha value is -1.46. The van der Waals surface area contributed by atoms with E-state index in [-0.39, 0.29) is 11.4 Å². The summed E-state index contributed by atoms with van der Waals surface area (Å²) in [4.78, 5) is -0.394. The van der Waals surface area contributed by atoms with Crippen molar-refractivity contribution in [3.63, 3.8) is 0 Å². The Morgan fingerprint density at radius 1 is 1.26 bits per heavy atom. The smallest absolute Gasteiger partial charge is 0.355 e. The molecule has 0 aromatic heterocycles. The van der Waals surface area contributed by atoms with Crippen molar-refractivity contribution in [3.05, 3.63) is 18.2 Å². The summed E-state index contributed by atoms with van der Waals surface area (Å²) in [5, 5.41) is 4.89. The molecule has 108 valence electrons. The number of hydrogen-bond donors (Lipinski definition) is 2. The summed E-state index contributed by atoms with van der Waals surface area (Å²) in [6.45, 7) is 0. The number of sulfonamides is 2. The summed E-state index contributed by atoms with van der Waals surface area (Å²) in [5.74, 6) is -3.88. The zero-order valence-electron chi connectivity index (χ0n) is 9.50. The Morgan fingerprint density at radius 2 is 1.84 bits per heavy atom. The van der Waals surface area contributed by atoms with Crippen LogP contribution >= 0.6 is 0 Å².